The number of rotatable bonds is 5. The first-order valence-electron chi connectivity index (χ1n) is 7.99. The van der Waals surface area contributed by atoms with E-state index in [1.807, 2.05) is 43.3 Å². The van der Waals surface area contributed by atoms with Crippen LogP contribution in [0, 0.1) is 11.3 Å². The molecule has 1 fully saturated rings. The van der Waals surface area contributed by atoms with Crippen molar-refractivity contribution in [3.05, 3.63) is 48.3 Å². The van der Waals surface area contributed by atoms with Gasteiger partial charge in [-0.1, -0.05) is 30.3 Å². The van der Waals surface area contributed by atoms with Crippen molar-refractivity contribution in [3.8, 4) is 11.9 Å². The maximum Gasteiger partial charge on any atom is 0.218 e. The Balaban J connectivity index is 1.88. The third kappa shape index (κ3) is 3.26. The standard InChI is InChI=1S/C18H20N4O/c1-2-23-18-11-17(20-13-21-18)22-10-6-9-16(22)15(12-19)14-7-4-3-5-8-14/h3-5,7-8,11,13,15-16H,2,6,9-10H2,1H3. The molecule has 0 radical (unpaired) electrons. The summed E-state index contributed by atoms with van der Waals surface area (Å²) in [5, 5.41) is 9.71. The average Bonchev–Trinajstić information content (AvgIpc) is 3.07. The number of nitrogens with zero attached hydrogens (tertiary/aromatic N) is 4. The Kier molecular flexibility index (Phi) is 4.72. The average molecular weight is 308 g/mol. The van der Waals surface area contributed by atoms with E-state index >= 15 is 0 Å². The minimum atomic E-state index is -0.163. The van der Waals surface area contributed by atoms with E-state index in [0.717, 1.165) is 30.8 Å². The summed E-state index contributed by atoms with van der Waals surface area (Å²) >= 11 is 0. The van der Waals surface area contributed by atoms with Crippen LogP contribution in [0.15, 0.2) is 42.7 Å². The third-order valence-electron chi connectivity index (χ3n) is 4.20. The van der Waals surface area contributed by atoms with Crippen LogP contribution in [-0.2, 0) is 0 Å². The lowest BCUT2D eigenvalue weighted by atomic mass is 9.91. The van der Waals surface area contributed by atoms with Crippen LogP contribution < -0.4 is 9.64 Å². The van der Waals surface area contributed by atoms with E-state index in [2.05, 4.69) is 20.9 Å². The van der Waals surface area contributed by atoms with Gasteiger partial charge in [-0.15, -0.1) is 0 Å². The molecule has 0 N–H and O–H groups in total. The molecule has 1 aliphatic rings. The molecule has 118 valence electrons. The Morgan fingerprint density at radius 3 is 2.91 bits per heavy atom. The van der Waals surface area contributed by atoms with Crippen molar-refractivity contribution in [2.24, 2.45) is 0 Å². The highest BCUT2D eigenvalue weighted by atomic mass is 16.5. The predicted molar refractivity (Wildman–Crippen MR) is 88.4 cm³/mol. The largest absolute Gasteiger partial charge is 0.478 e. The molecule has 1 aliphatic heterocycles. The molecular weight excluding hydrogens is 288 g/mol. The smallest absolute Gasteiger partial charge is 0.218 e. The number of benzene rings is 1. The Hall–Kier alpha value is -2.61. The predicted octanol–water partition coefficient (Wildman–Crippen LogP) is 3.15. The van der Waals surface area contributed by atoms with E-state index < -0.39 is 0 Å². The molecule has 2 unspecified atom stereocenters. The normalized spacial score (nSPS) is 18.4. The van der Waals surface area contributed by atoms with Crippen LogP contribution in [0.5, 0.6) is 5.88 Å². The molecule has 0 saturated carbocycles. The summed E-state index contributed by atoms with van der Waals surface area (Å²) in [5.41, 5.74) is 1.06. The van der Waals surface area contributed by atoms with Crippen LogP contribution in [-0.4, -0.2) is 29.2 Å². The Labute approximate surface area is 136 Å². The summed E-state index contributed by atoms with van der Waals surface area (Å²) < 4.78 is 5.47. The monoisotopic (exact) mass is 308 g/mol. The van der Waals surface area contributed by atoms with Gasteiger partial charge in [0.2, 0.25) is 5.88 Å². The number of nitriles is 1. The third-order valence-corrected chi connectivity index (χ3v) is 4.20. The highest BCUT2D eigenvalue weighted by Gasteiger charge is 2.33. The lowest BCUT2D eigenvalue weighted by Gasteiger charge is -2.29. The molecule has 2 atom stereocenters. The number of anilines is 1. The molecule has 1 saturated heterocycles. The molecule has 2 aromatic rings. The zero-order valence-electron chi connectivity index (χ0n) is 13.2. The number of hydrogen-bond donors (Lipinski definition) is 0. The van der Waals surface area contributed by atoms with Crippen LogP contribution in [0.1, 0.15) is 31.2 Å². The first kappa shape index (κ1) is 15.3. The van der Waals surface area contributed by atoms with Crippen LogP contribution in [0.2, 0.25) is 0 Å². The molecule has 5 heteroatoms. The molecule has 0 aliphatic carbocycles. The zero-order chi connectivity index (χ0) is 16.1. The lowest BCUT2D eigenvalue weighted by Crippen LogP contribution is -2.34. The van der Waals surface area contributed by atoms with Crippen LogP contribution in [0.25, 0.3) is 0 Å². The summed E-state index contributed by atoms with van der Waals surface area (Å²) in [7, 11) is 0. The van der Waals surface area contributed by atoms with Gasteiger partial charge in [0.1, 0.15) is 12.1 Å². The van der Waals surface area contributed by atoms with Crippen molar-refractivity contribution in [2.75, 3.05) is 18.1 Å². The molecule has 23 heavy (non-hydrogen) atoms. The van der Waals surface area contributed by atoms with Crippen LogP contribution in [0.4, 0.5) is 5.82 Å². The summed E-state index contributed by atoms with van der Waals surface area (Å²) in [4.78, 5) is 10.7. The van der Waals surface area contributed by atoms with Crippen molar-refractivity contribution in [1.82, 2.24) is 9.97 Å². The number of aromatic nitrogens is 2. The first-order chi connectivity index (χ1) is 11.3. The maximum absolute atomic E-state index is 9.71. The molecule has 0 amide bonds. The van der Waals surface area contributed by atoms with Crippen molar-refractivity contribution in [1.29, 1.82) is 5.26 Å². The summed E-state index contributed by atoms with van der Waals surface area (Å²) in [6, 6.07) is 14.5. The zero-order valence-corrected chi connectivity index (χ0v) is 13.2. The van der Waals surface area contributed by atoms with Gasteiger partial charge in [-0.05, 0) is 25.3 Å². The maximum atomic E-state index is 9.71. The van der Waals surface area contributed by atoms with E-state index in [1.54, 1.807) is 0 Å². The SMILES string of the molecule is CCOc1cc(N2CCCC2C(C#N)c2ccccc2)ncn1. The molecule has 5 nitrogen and oxygen atoms in total. The highest BCUT2D eigenvalue weighted by Crippen LogP contribution is 2.34. The van der Waals surface area contributed by atoms with Gasteiger partial charge in [-0.2, -0.15) is 5.26 Å². The van der Waals surface area contributed by atoms with Gasteiger partial charge < -0.3 is 9.64 Å². The van der Waals surface area contributed by atoms with E-state index in [0.29, 0.717) is 12.5 Å². The molecule has 1 aromatic carbocycles. The Morgan fingerprint density at radius 1 is 1.35 bits per heavy atom. The lowest BCUT2D eigenvalue weighted by molar-refractivity contribution is 0.326. The second-order valence-electron chi connectivity index (χ2n) is 5.57. The Bertz CT molecular complexity index is 683. The molecule has 0 spiro atoms. The van der Waals surface area contributed by atoms with E-state index in [4.69, 9.17) is 4.74 Å². The summed E-state index contributed by atoms with van der Waals surface area (Å²) in [6.07, 6.45) is 3.57. The minimum Gasteiger partial charge on any atom is -0.478 e. The van der Waals surface area contributed by atoms with Crippen LogP contribution >= 0.6 is 0 Å². The fourth-order valence-corrected chi connectivity index (χ4v) is 3.18. The second-order valence-corrected chi connectivity index (χ2v) is 5.57. The van der Waals surface area contributed by atoms with Gasteiger partial charge in [0.05, 0.1) is 24.6 Å². The van der Waals surface area contributed by atoms with Crippen molar-refractivity contribution < 1.29 is 4.74 Å². The summed E-state index contributed by atoms with van der Waals surface area (Å²) in [6.45, 7) is 3.41. The molecule has 1 aromatic heterocycles. The fraction of sp³-hybridized carbons (Fsp3) is 0.389. The van der Waals surface area contributed by atoms with E-state index in [1.165, 1.54) is 6.33 Å². The van der Waals surface area contributed by atoms with Gasteiger partial charge in [0.15, 0.2) is 0 Å². The topological polar surface area (TPSA) is 62.0 Å². The van der Waals surface area contributed by atoms with E-state index in [9.17, 15) is 5.26 Å². The molecule has 3 rings (SSSR count). The molecular formula is C18H20N4O. The van der Waals surface area contributed by atoms with Gasteiger partial charge in [0, 0.05) is 12.6 Å². The fourth-order valence-electron chi connectivity index (χ4n) is 3.18. The van der Waals surface area contributed by atoms with Crippen molar-refractivity contribution in [3.63, 3.8) is 0 Å². The van der Waals surface area contributed by atoms with Crippen LogP contribution in [0.3, 0.4) is 0 Å². The summed E-state index contributed by atoms with van der Waals surface area (Å²) in [5.74, 6) is 1.25. The van der Waals surface area contributed by atoms with Crippen molar-refractivity contribution >= 4 is 5.82 Å². The Morgan fingerprint density at radius 2 is 2.17 bits per heavy atom. The first-order valence-corrected chi connectivity index (χ1v) is 7.99. The minimum absolute atomic E-state index is 0.131. The number of hydrogen-bond acceptors (Lipinski definition) is 5. The molecule has 0 bridgehead atoms. The van der Waals surface area contributed by atoms with Crippen molar-refractivity contribution in [2.45, 2.75) is 31.7 Å². The van der Waals surface area contributed by atoms with Gasteiger partial charge in [-0.3, -0.25) is 0 Å². The van der Waals surface area contributed by atoms with Gasteiger partial charge in [0.25, 0.3) is 0 Å². The number of ether oxygens (including phenoxy) is 1. The molecule has 2 heterocycles. The van der Waals surface area contributed by atoms with Gasteiger partial charge >= 0.3 is 0 Å². The quantitative estimate of drug-likeness (QED) is 0.849. The second kappa shape index (κ2) is 7.10. The van der Waals surface area contributed by atoms with Gasteiger partial charge in [-0.25, -0.2) is 9.97 Å². The highest BCUT2D eigenvalue weighted by molar-refractivity contribution is 5.46. The van der Waals surface area contributed by atoms with E-state index in [-0.39, 0.29) is 12.0 Å².